The van der Waals surface area contributed by atoms with Crippen LogP contribution in [-0.4, -0.2) is 24.4 Å². The maximum Gasteiger partial charge on any atom is 0.238 e. The Morgan fingerprint density at radius 3 is 2.45 bits per heavy atom. The fraction of sp³-hybridized carbons (Fsp3) is 0.316. The molecule has 1 amide bonds. The number of amides is 1. The summed E-state index contributed by atoms with van der Waals surface area (Å²) >= 11 is 0. The second-order valence-corrected chi connectivity index (χ2v) is 5.80. The van der Waals surface area contributed by atoms with Crippen molar-refractivity contribution in [2.24, 2.45) is 0 Å². The van der Waals surface area contributed by atoms with E-state index in [4.69, 9.17) is 0 Å². The fourth-order valence-corrected chi connectivity index (χ4v) is 2.43. The first kappa shape index (κ1) is 16.2. The summed E-state index contributed by atoms with van der Waals surface area (Å²) < 4.78 is 0. The van der Waals surface area contributed by atoms with Gasteiger partial charge in [-0.15, -0.1) is 0 Å². The summed E-state index contributed by atoms with van der Waals surface area (Å²) in [5.41, 5.74) is 4.41. The molecule has 0 radical (unpaired) electrons. The number of rotatable bonds is 5. The molecule has 0 unspecified atom stereocenters. The molecular weight excluding hydrogens is 272 g/mol. The normalized spacial score (nSPS) is 12.2. The maximum atomic E-state index is 12.3. The lowest BCUT2D eigenvalue weighted by Crippen LogP contribution is -2.32. The third kappa shape index (κ3) is 3.95. The van der Waals surface area contributed by atoms with Crippen molar-refractivity contribution in [3.05, 3.63) is 65.2 Å². The van der Waals surface area contributed by atoms with Crippen LogP contribution in [0.15, 0.2) is 48.5 Å². The van der Waals surface area contributed by atoms with Crippen LogP contribution in [0.25, 0.3) is 0 Å². The number of likely N-dealkylation sites (N-methyl/N-ethyl adjacent to an activating group) is 1. The standard InChI is InChI=1S/C19H24N2O/c1-14-9-8-12-18(15(14)2)20-19(22)13-21(4)16(3)17-10-6-5-7-11-17/h5-12,16H,13H2,1-4H3,(H,20,22)/t16-/m1/s1. The van der Waals surface area contributed by atoms with Crippen molar-refractivity contribution in [2.75, 3.05) is 18.9 Å². The SMILES string of the molecule is Cc1cccc(NC(=O)CN(C)[C@H](C)c2ccccc2)c1C. The molecule has 2 aromatic carbocycles. The van der Waals surface area contributed by atoms with E-state index in [9.17, 15) is 4.79 Å². The molecule has 0 aliphatic rings. The summed E-state index contributed by atoms with van der Waals surface area (Å²) in [6.45, 7) is 6.56. The van der Waals surface area contributed by atoms with E-state index in [0.717, 1.165) is 11.3 Å². The average molecular weight is 296 g/mol. The minimum absolute atomic E-state index is 0.0129. The van der Waals surface area contributed by atoms with Crippen molar-refractivity contribution in [3.63, 3.8) is 0 Å². The van der Waals surface area contributed by atoms with Crippen molar-refractivity contribution in [2.45, 2.75) is 26.8 Å². The number of nitrogens with one attached hydrogen (secondary N) is 1. The maximum absolute atomic E-state index is 12.3. The second-order valence-electron chi connectivity index (χ2n) is 5.80. The van der Waals surface area contributed by atoms with Gasteiger partial charge in [0.15, 0.2) is 0 Å². The Hall–Kier alpha value is -2.13. The molecular formula is C19H24N2O. The molecule has 0 spiro atoms. The van der Waals surface area contributed by atoms with Crippen LogP contribution in [0.3, 0.4) is 0 Å². The quantitative estimate of drug-likeness (QED) is 0.906. The van der Waals surface area contributed by atoms with Gasteiger partial charge < -0.3 is 5.32 Å². The van der Waals surface area contributed by atoms with Gasteiger partial charge in [-0.05, 0) is 50.6 Å². The summed E-state index contributed by atoms with van der Waals surface area (Å²) in [5.74, 6) is 0.0129. The van der Waals surface area contributed by atoms with Gasteiger partial charge in [0.25, 0.3) is 0 Å². The van der Waals surface area contributed by atoms with Crippen LogP contribution in [-0.2, 0) is 4.79 Å². The summed E-state index contributed by atoms with van der Waals surface area (Å²) in [6, 6.07) is 16.4. The molecule has 0 saturated heterocycles. The lowest BCUT2D eigenvalue weighted by Gasteiger charge is -2.24. The highest BCUT2D eigenvalue weighted by Crippen LogP contribution is 2.20. The number of anilines is 1. The van der Waals surface area contributed by atoms with Gasteiger partial charge in [0.1, 0.15) is 0 Å². The molecule has 0 aliphatic heterocycles. The van der Waals surface area contributed by atoms with E-state index in [2.05, 4.69) is 42.3 Å². The summed E-state index contributed by atoms with van der Waals surface area (Å²) in [6.07, 6.45) is 0. The minimum Gasteiger partial charge on any atom is -0.325 e. The molecule has 2 rings (SSSR count). The molecule has 3 nitrogen and oxygen atoms in total. The highest BCUT2D eigenvalue weighted by Gasteiger charge is 2.15. The Labute approximate surface area is 133 Å². The highest BCUT2D eigenvalue weighted by atomic mass is 16.2. The van der Waals surface area contributed by atoms with E-state index in [1.165, 1.54) is 11.1 Å². The van der Waals surface area contributed by atoms with Gasteiger partial charge in [-0.1, -0.05) is 42.5 Å². The molecule has 22 heavy (non-hydrogen) atoms. The Kier molecular flexibility index (Phi) is 5.34. The molecule has 1 N–H and O–H groups in total. The monoisotopic (exact) mass is 296 g/mol. The summed E-state index contributed by atoms with van der Waals surface area (Å²) in [5, 5.41) is 3.01. The topological polar surface area (TPSA) is 32.3 Å². The first-order valence-corrected chi connectivity index (χ1v) is 7.60. The third-order valence-electron chi connectivity index (χ3n) is 4.21. The number of hydrogen-bond acceptors (Lipinski definition) is 2. The highest BCUT2D eigenvalue weighted by molar-refractivity contribution is 5.93. The number of carbonyl (C=O) groups excluding carboxylic acids is 1. The molecule has 0 aromatic heterocycles. The van der Waals surface area contributed by atoms with Gasteiger partial charge in [0.05, 0.1) is 6.54 Å². The van der Waals surface area contributed by atoms with Crippen LogP contribution in [0.1, 0.15) is 29.7 Å². The number of benzene rings is 2. The Bertz CT molecular complexity index is 637. The van der Waals surface area contributed by atoms with Crippen molar-refractivity contribution < 1.29 is 4.79 Å². The van der Waals surface area contributed by atoms with Crippen molar-refractivity contribution in [1.82, 2.24) is 4.90 Å². The zero-order chi connectivity index (χ0) is 16.1. The molecule has 0 aliphatic carbocycles. The predicted molar refractivity (Wildman–Crippen MR) is 92.0 cm³/mol. The number of nitrogens with zero attached hydrogens (tertiary/aromatic N) is 1. The van der Waals surface area contributed by atoms with Crippen molar-refractivity contribution >= 4 is 11.6 Å². The van der Waals surface area contributed by atoms with E-state index in [1.807, 2.05) is 44.3 Å². The lowest BCUT2D eigenvalue weighted by atomic mass is 10.1. The van der Waals surface area contributed by atoms with E-state index >= 15 is 0 Å². The molecule has 0 bridgehead atoms. The molecule has 0 heterocycles. The lowest BCUT2D eigenvalue weighted by molar-refractivity contribution is -0.117. The van der Waals surface area contributed by atoms with Gasteiger partial charge in [-0.3, -0.25) is 9.69 Å². The molecule has 1 atom stereocenters. The molecule has 2 aromatic rings. The Morgan fingerprint density at radius 1 is 1.09 bits per heavy atom. The van der Waals surface area contributed by atoms with Crippen LogP contribution >= 0.6 is 0 Å². The van der Waals surface area contributed by atoms with E-state index < -0.39 is 0 Å². The zero-order valence-corrected chi connectivity index (χ0v) is 13.8. The molecule has 0 fully saturated rings. The Morgan fingerprint density at radius 2 is 1.77 bits per heavy atom. The van der Waals surface area contributed by atoms with Crippen LogP contribution in [0, 0.1) is 13.8 Å². The second kappa shape index (κ2) is 7.23. The van der Waals surface area contributed by atoms with E-state index in [-0.39, 0.29) is 11.9 Å². The summed E-state index contributed by atoms with van der Waals surface area (Å²) in [7, 11) is 1.97. The van der Waals surface area contributed by atoms with Crippen molar-refractivity contribution in [1.29, 1.82) is 0 Å². The third-order valence-corrected chi connectivity index (χ3v) is 4.21. The zero-order valence-electron chi connectivity index (χ0n) is 13.8. The van der Waals surface area contributed by atoms with Gasteiger partial charge in [-0.25, -0.2) is 0 Å². The minimum atomic E-state index is 0.0129. The molecule has 3 heteroatoms. The predicted octanol–water partition coefficient (Wildman–Crippen LogP) is 3.93. The van der Waals surface area contributed by atoms with Crippen molar-refractivity contribution in [3.8, 4) is 0 Å². The van der Waals surface area contributed by atoms with Gasteiger partial charge in [0.2, 0.25) is 5.91 Å². The number of hydrogen-bond donors (Lipinski definition) is 1. The van der Waals surface area contributed by atoms with Gasteiger partial charge in [0, 0.05) is 11.7 Å². The first-order chi connectivity index (χ1) is 10.5. The first-order valence-electron chi connectivity index (χ1n) is 7.60. The van der Waals surface area contributed by atoms with E-state index in [0.29, 0.717) is 6.54 Å². The summed E-state index contributed by atoms with van der Waals surface area (Å²) in [4.78, 5) is 14.3. The van der Waals surface area contributed by atoms with E-state index in [1.54, 1.807) is 0 Å². The molecule has 116 valence electrons. The molecule has 0 saturated carbocycles. The number of carbonyl (C=O) groups is 1. The van der Waals surface area contributed by atoms with Crippen LogP contribution in [0.2, 0.25) is 0 Å². The van der Waals surface area contributed by atoms with Crippen LogP contribution < -0.4 is 5.32 Å². The smallest absolute Gasteiger partial charge is 0.238 e. The van der Waals surface area contributed by atoms with Gasteiger partial charge >= 0.3 is 0 Å². The van der Waals surface area contributed by atoms with Crippen LogP contribution in [0.5, 0.6) is 0 Å². The fourth-order valence-electron chi connectivity index (χ4n) is 2.43. The number of aryl methyl sites for hydroxylation is 1. The van der Waals surface area contributed by atoms with Gasteiger partial charge in [-0.2, -0.15) is 0 Å². The average Bonchev–Trinajstić information content (AvgIpc) is 2.52. The largest absolute Gasteiger partial charge is 0.325 e. The van der Waals surface area contributed by atoms with Crippen LogP contribution in [0.4, 0.5) is 5.69 Å². The Balaban J connectivity index is 1.98.